The van der Waals surface area contributed by atoms with E-state index in [0.717, 1.165) is 12.8 Å². The molecule has 1 aliphatic heterocycles. The number of amides is 3. The Hall–Kier alpha value is -2.37. The van der Waals surface area contributed by atoms with Crippen LogP contribution in [0.25, 0.3) is 0 Å². The molecule has 3 rings (SSSR count). The lowest BCUT2D eigenvalue weighted by Gasteiger charge is -2.23. The van der Waals surface area contributed by atoms with Gasteiger partial charge in [-0.2, -0.15) is 0 Å². The number of rotatable bonds is 5. The van der Waals surface area contributed by atoms with Crippen LogP contribution < -0.4 is 10.6 Å². The van der Waals surface area contributed by atoms with Crippen molar-refractivity contribution < 1.29 is 14.4 Å². The Labute approximate surface area is 154 Å². The topological polar surface area (TPSA) is 78.5 Å². The van der Waals surface area contributed by atoms with Gasteiger partial charge in [-0.25, -0.2) is 0 Å². The number of carbonyl (C=O) groups is 3. The molecule has 1 heterocycles. The largest absolute Gasteiger partial charge is 0.339 e. The molecule has 140 valence electrons. The molecule has 2 N–H and O–H groups in total. The number of nitrogens with one attached hydrogen (secondary N) is 2. The summed E-state index contributed by atoms with van der Waals surface area (Å²) < 4.78 is 0. The average molecular weight is 357 g/mol. The number of anilines is 2. The van der Waals surface area contributed by atoms with Crippen molar-refractivity contribution in [2.24, 2.45) is 11.8 Å². The summed E-state index contributed by atoms with van der Waals surface area (Å²) in [5.74, 6) is -0.430. The molecule has 2 aliphatic rings. The van der Waals surface area contributed by atoms with Crippen molar-refractivity contribution in [3.8, 4) is 0 Å². The van der Waals surface area contributed by atoms with Crippen LogP contribution in [0, 0.1) is 11.8 Å². The Kier molecular flexibility index (Phi) is 5.59. The Morgan fingerprint density at radius 3 is 2.19 bits per heavy atom. The normalized spacial score (nSPS) is 20.7. The van der Waals surface area contributed by atoms with Gasteiger partial charge in [0.1, 0.15) is 0 Å². The third-order valence-corrected chi connectivity index (χ3v) is 5.24. The van der Waals surface area contributed by atoms with Crippen molar-refractivity contribution in [1.29, 1.82) is 0 Å². The molecule has 2 fully saturated rings. The lowest BCUT2D eigenvalue weighted by molar-refractivity contribution is -0.130. The summed E-state index contributed by atoms with van der Waals surface area (Å²) in [6.45, 7) is 4.20. The molecule has 1 atom stereocenters. The van der Waals surface area contributed by atoms with Gasteiger partial charge in [-0.3, -0.25) is 14.4 Å². The number of hydrogen-bond acceptors (Lipinski definition) is 3. The summed E-state index contributed by atoms with van der Waals surface area (Å²) in [5.41, 5.74) is 1.37. The Morgan fingerprint density at radius 1 is 1.04 bits per heavy atom. The van der Waals surface area contributed by atoms with Gasteiger partial charge in [0.25, 0.3) is 0 Å². The highest BCUT2D eigenvalue weighted by Crippen LogP contribution is 2.30. The zero-order valence-corrected chi connectivity index (χ0v) is 15.5. The van der Waals surface area contributed by atoms with Crippen molar-refractivity contribution in [2.45, 2.75) is 52.0 Å². The lowest BCUT2D eigenvalue weighted by Crippen LogP contribution is -2.35. The highest BCUT2D eigenvalue weighted by atomic mass is 16.2. The predicted octanol–water partition coefficient (Wildman–Crippen LogP) is 3.01. The molecule has 1 saturated carbocycles. The van der Waals surface area contributed by atoms with Crippen LogP contribution in [0.3, 0.4) is 0 Å². The van der Waals surface area contributed by atoms with Crippen LogP contribution in [0.2, 0.25) is 0 Å². The van der Waals surface area contributed by atoms with Crippen LogP contribution in [-0.4, -0.2) is 35.2 Å². The summed E-state index contributed by atoms with van der Waals surface area (Å²) in [6, 6.07) is 7.38. The van der Waals surface area contributed by atoms with E-state index < -0.39 is 0 Å². The van der Waals surface area contributed by atoms with Gasteiger partial charge in [-0.1, -0.05) is 26.7 Å². The lowest BCUT2D eigenvalue weighted by atomic mass is 10.1. The van der Waals surface area contributed by atoms with Crippen LogP contribution in [0.1, 0.15) is 46.0 Å². The maximum atomic E-state index is 12.5. The molecule has 1 unspecified atom stereocenters. The predicted molar refractivity (Wildman–Crippen MR) is 101 cm³/mol. The third-order valence-electron chi connectivity index (χ3n) is 5.24. The Morgan fingerprint density at radius 2 is 1.62 bits per heavy atom. The van der Waals surface area contributed by atoms with E-state index in [0.29, 0.717) is 30.4 Å². The minimum atomic E-state index is -0.288. The summed E-state index contributed by atoms with van der Waals surface area (Å²) >= 11 is 0. The fourth-order valence-electron chi connectivity index (χ4n) is 3.64. The van der Waals surface area contributed by atoms with E-state index in [1.54, 1.807) is 24.3 Å². The van der Waals surface area contributed by atoms with Crippen molar-refractivity contribution in [2.75, 3.05) is 17.2 Å². The van der Waals surface area contributed by atoms with E-state index in [4.69, 9.17) is 0 Å². The van der Waals surface area contributed by atoms with Gasteiger partial charge in [-0.15, -0.1) is 0 Å². The molecule has 3 amide bonds. The van der Waals surface area contributed by atoms with Crippen molar-refractivity contribution >= 4 is 29.1 Å². The van der Waals surface area contributed by atoms with Crippen LogP contribution in [0.5, 0.6) is 0 Å². The third kappa shape index (κ3) is 4.23. The number of likely N-dealkylation sites (tertiary alicyclic amines) is 1. The van der Waals surface area contributed by atoms with Crippen LogP contribution in [-0.2, 0) is 14.4 Å². The zero-order chi connectivity index (χ0) is 18.7. The van der Waals surface area contributed by atoms with E-state index in [2.05, 4.69) is 10.6 Å². The van der Waals surface area contributed by atoms with E-state index in [1.165, 1.54) is 12.8 Å². The van der Waals surface area contributed by atoms with Gasteiger partial charge in [0, 0.05) is 36.3 Å². The van der Waals surface area contributed by atoms with Gasteiger partial charge < -0.3 is 15.5 Å². The highest BCUT2D eigenvalue weighted by Gasteiger charge is 2.38. The molecule has 1 aliphatic carbocycles. The Balaban J connectivity index is 1.55. The van der Waals surface area contributed by atoms with Crippen molar-refractivity contribution in [3.63, 3.8) is 0 Å². The molecule has 0 bridgehead atoms. The van der Waals surface area contributed by atoms with Crippen molar-refractivity contribution in [3.05, 3.63) is 24.3 Å². The van der Waals surface area contributed by atoms with E-state index in [1.807, 2.05) is 18.7 Å². The quantitative estimate of drug-likeness (QED) is 0.850. The molecule has 1 saturated heterocycles. The monoisotopic (exact) mass is 357 g/mol. The molecule has 6 nitrogen and oxygen atoms in total. The highest BCUT2D eigenvalue weighted by molar-refractivity contribution is 5.97. The summed E-state index contributed by atoms with van der Waals surface area (Å²) in [6.07, 6.45) is 4.76. The molecule has 1 aromatic rings. The van der Waals surface area contributed by atoms with Crippen molar-refractivity contribution in [1.82, 2.24) is 4.90 Å². The van der Waals surface area contributed by atoms with Gasteiger partial charge in [0.15, 0.2) is 0 Å². The molecular formula is C20H27N3O3. The number of hydrogen-bond donors (Lipinski definition) is 2. The molecule has 6 heteroatoms. The summed E-state index contributed by atoms with van der Waals surface area (Å²) in [5, 5.41) is 5.71. The van der Waals surface area contributed by atoms with E-state index in [9.17, 15) is 14.4 Å². The average Bonchev–Trinajstić information content (AvgIpc) is 3.25. The first-order chi connectivity index (χ1) is 12.4. The van der Waals surface area contributed by atoms with Gasteiger partial charge in [0.05, 0.1) is 5.92 Å². The smallest absolute Gasteiger partial charge is 0.229 e. The SMILES string of the molecule is CC(C)C(=O)Nc1ccc(NC(=O)C2CC(=O)N(C3CCCC3)C2)cc1. The van der Waals surface area contributed by atoms with Crippen LogP contribution in [0.15, 0.2) is 24.3 Å². The summed E-state index contributed by atoms with van der Waals surface area (Å²) in [7, 11) is 0. The van der Waals surface area contributed by atoms with Gasteiger partial charge >= 0.3 is 0 Å². The second-order valence-corrected chi connectivity index (χ2v) is 7.60. The number of carbonyl (C=O) groups excluding carboxylic acids is 3. The fraction of sp³-hybridized carbons (Fsp3) is 0.550. The molecule has 0 radical (unpaired) electrons. The second kappa shape index (κ2) is 7.89. The van der Waals surface area contributed by atoms with E-state index >= 15 is 0 Å². The van der Waals surface area contributed by atoms with Gasteiger partial charge in [0.2, 0.25) is 17.7 Å². The number of nitrogens with zero attached hydrogens (tertiary/aromatic N) is 1. The first-order valence-corrected chi connectivity index (χ1v) is 9.45. The summed E-state index contributed by atoms with van der Waals surface area (Å²) in [4.78, 5) is 38.4. The first-order valence-electron chi connectivity index (χ1n) is 9.45. The molecular weight excluding hydrogens is 330 g/mol. The number of benzene rings is 1. The molecule has 26 heavy (non-hydrogen) atoms. The van der Waals surface area contributed by atoms with Gasteiger partial charge in [-0.05, 0) is 37.1 Å². The molecule has 0 aromatic heterocycles. The van der Waals surface area contributed by atoms with Crippen LogP contribution >= 0.6 is 0 Å². The van der Waals surface area contributed by atoms with Crippen LogP contribution in [0.4, 0.5) is 11.4 Å². The molecule has 1 aromatic carbocycles. The standard InChI is InChI=1S/C20H27N3O3/c1-13(2)19(25)21-15-7-9-16(10-8-15)22-20(26)14-11-18(24)23(12-14)17-5-3-4-6-17/h7-10,13-14,17H,3-6,11-12H2,1-2H3,(H,21,25)(H,22,26). The Bertz CT molecular complexity index is 678. The zero-order valence-electron chi connectivity index (χ0n) is 15.5. The maximum absolute atomic E-state index is 12.5. The second-order valence-electron chi connectivity index (χ2n) is 7.60. The minimum Gasteiger partial charge on any atom is -0.339 e. The fourth-order valence-corrected chi connectivity index (χ4v) is 3.64. The van der Waals surface area contributed by atoms with E-state index in [-0.39, 0.29) is 29.6 Å². The maximum Gasteiger partial charge on any atom is 0.229 e. The molecule has 0 spiro atoms. The minimum absolute atomic E-state index is 0.0433. The first kappa shape index (κ1) is 18.4.